The van der Waals surface area contributed by atoms with E-state index in [0.29, 0.717) is 5.78 Å². The number of halogens is 2. The van der Waals surface area contributed by atoms with Gasteiger partial charge in [-0.3, -0.25) is 4.79 Å². The van der Waals surface area contributed by atoms with Crippen LogP contribution in [0.1, 0.15) is 75.3 Å². The molecule has 0 aliphatic heterocycles. The summed E-state index contributed by atoms with van der Waals surface area (Å²) in [4.78, 5) is 14.5. The van der Waals surface area contributed by atoms with Gasteiger partial charge in [0, 0.05) is 10.0 Å². The van der Waals surface area contributed by atoms with Crippen LogP contribution in [-0.2, 0) is 15.6 Å². The molecule has 0 amide bonds. The maximum Gasteiger partial charge on any atom is 0.153 e. The van der Waals surface area contributed by atoms with Gasteiger partial charge < -0.3 is 0 Å². The van der Waals surface area contributed by atoms with E-state index in [0.717, 1.165) is 72.5 Å². The van der Waals surface area contributed by atoms with Crippen LogP contribution in [-0.4, -0.2) is 5.78 Å². The Kier molecular flexibility index (Phi) is 5.86. The fourth-order valence-electron chi connectivity index (χ4n) is 5.63. The Bertz CT molecular complexity index is 776. The normalized spacial score (nSPS) is 21.2. The van der Waals surface area contributed by atoms with Crippen molar-refractivity contribution in [2.75, 3.05) is 0 Å². The van der Waals surface area contributed by atoms with Crippen molar-refractivity contribution in [1.82, 2.24) is 0 Å². The second kappa shape index (κ2) is 8.20. The summed E-state index contributed by atoms with van der Waals surface area (Å²) in [5.74, 6) is 0.406. The molecule has 0 saturated heterocycles. The second-order valence-corrected chi connectivity index (χ2v) is 9.51. The highest BCUT2D eigenvalue weighted by Crippen LogP contribution is 2.50. The van der Waals surface area contributed by atoms with Crippen molar-refractivity contribution < 1.29 is 4.79 Å². The molecule has 2 fully saturated rings. The minimum Gasteiger partial charge on any atom is -0.298 e. The minimum absolute atomic E-state index is 0.406. The maximum absolute atomic E-state index is 14.5. The molecule has 2 aromatic rings. The molecular weight excluding hydrogens is 387 g/mol. The molecule has 0 atom stereocenters. The molecule has 2 aliphatic rings. The maximum atomic E-state index is 14.5. The number of hydrogen-bond acceptors (Lipinski definition) is 1. The molecule has 0 radical (unpaired) electrons. The van der Waals surface area contributed by atoms with E-state index in [1.807, 2.05) is 36.4 Å². The van der Waals surface area contributed by atoms with E-state index >= 15 is 0 Å². The zero-order valence-corrected chi connectivity index (χ0v) is 17.9. The Morgan fingerprint density at radius 2 is 1.04 bits per heavy atom. The lowest BCUT2D eigenvalue weighted by atomic mass is 9.55. The lowest BCUT2D eigenvalue weighted by molar-refractivity contribution is -0.133. The van der Waals surface area contributed by atoms with Gasteiger partial charge in [-0.2, -0.15) is 0 Å². The van der Waals surface area contributed by atoms with E-state index in [1.165, 1.54) is 12.8 Å². The van der Waals surface area contributed by atoms with Crippen LogP contribution in [0.25, 0.3) is 0 Å². The van der Waals surface area contributed by atoms with Crippen molar-refractivity contribution >= 4 is 29.0 Å². The standard InChI is InChI=1S/C25H28Cl2O/c26-21-11-7-9-19(17-21)24(13-3-1-4-14-24)23(28)25(15-5-2-6-16-25)20-10-8-12-22(27)18-20/h7-12,17-18H,1-6,13-16H2. The minimum atomic E-state index is -0.428. The SMILES string of the molecule is O=C(C1(c2cccc(Cl)c2)CCCCC1)C1(c2cccc(Cl)c2)CCCCC1. The number of rotatable bonds is 4. The zero-order chi connectivity index (χ0) is 19.6. The molecule has 0 aromatic heterocycles. The molecule has 2 saturated carbocycles. The summed E-state index contributed by atoms with van der Waals surface area (Å²) in [5.41, 5.74) is 1.36. The highest BCUT2D eigenvalue weighted by Gasteiger charge is 2.52. The van der Waals surface area contributed by atoms with Gasteiger partial charge in [0.05, 0.1) is 10.8 Å². The summed E-state index contributed by atoms with van der Waals surface area (Å²) < 4.78 is 0. The van der Waals surface area contributed by atoms with E-state index in [-0.39, 0.29) is 0 Å². The van der Waals surface area contributed by atoms with Crippen LogP contribution in [0, 0.1) is 0 Å². The Morgan fingerprint density at radius 1 is 0.643 bits per heavy atom. The van der Waals surface area contributed by atoms with Crippen LogP contribution in [0.15, 0.2) is 48.5 Å². The first kappa shape index (κ1) is 20.0. The number of carbonyl (C=O) groups excluding carboxylic acids is 1. The first-order valence-corrected chi connectivity index (χ1v) is 11.4. The Balaban J connectivity index is 1.85. The first-order chi connectivity index (χ1) is 13.6. The number of benzene rings is 2. The van der Waals surface area contributed by atoms with Gasteiger partial charge in [-0.15, -0.1) is 0 Å². The van der Waals surface area contributed by atoms with Gasteiger partial charge >= 0.3 is 0 Å². The quantitative estimate of drug-likeness (QED) is 0.501. The summed E-state index contributed by atoms with van der Waals surface area (Å²) >= 11 is 12.7. The molecule has 0 spiro atoms. The van der Waals surface area contributed by atoms with Crippen LogP contribution in [0.3, 0.4) is 0 Å². The third kappa shape index (κ3) is 3.53. The van der Waals surface area contributed by atoms with Crippen molar-refractivity contribution in [3.63, 3.8) is 0 Å². The van der Waals surface area contributed by atoms with E-state index in [2.05, 4.69) is 12.1 Å². The fourth-order valence-corrected chi connectivity index (χ4v) is 6.02. The van der Waals surface area contributed by atoms with Gasteiger partial charge in [0.25, 0.3) is 0 Å². The van der Waals surface area contributed by atoms with Crippen LogP contribution in [0.4, 0.5) is 0 Å². The van der Waals surface area contributed by atoms with Gasteiger partial charge in [-0.05, 0) is 61.1 Å². The Labute approximate surface area is 178 Å². The third-order valence-electron chi connectivity index (χ3n) is 7.04. The summed E-state index contributed by atoms with van der Waals surface area (Å²) in [6, 6.07) is 16.1. The average Bonchev–Trinajstić information content (AvgIpc) is 2.74. The van der Waals surface area contributed by atoms with Gasteiger partial charge in [0.15, 0.2) is 5.78 Å². The molecule has 28 heavy (non-hydrogen) atoms. The molecule has 0 bridgehead atoms. The molecule has 0 N–H and O–H groups in total. The number of Topliss-reactive ketones (excluding diaryl/α,β-unsaturated/α-hetero) is 1. The molecule has 4 rings (SSSR count). The summed E-state index contributed by atoms with van der Waals surface area (Å²) in [6.45, 7) is 0. The topological polar surface area (TPSA) is 17.1 Å². The van der Waals surface area contributed by atoms with E-state index in [9.17, 15) is 4.79 Å². The fraction of sp³-hybridized carbons (Fsp3) is 0.480. The number of hydrogen-bond donors (Lipinski definition) is 0. The highest BCUT2D eigenvalue weighted by molar-refractivity contribution is 6.31. The first-order valence-electron chi connectivity index (χ1n) is 10.6. The zero-order valence-electron chi connectivity index (χ0n) is 16.4. The van der Waals surface area contributed by atoms with Crippen molar-refractivity contribution in [1.29, 1.82) is 0 Å². The van der Waals surface area contributed by atoms with Gasteiger partial charge in [0.1, 0.15) is 0 Å². The molecule has 3 heteroatoms. The largest absolute Gasteiger partial charge is 0.298 e. The van der Waals surface area contributed by atoms with Crippen LogP contribution in [0.2, 0.25) is 10.0 Å². The van der Waals surface area contributed by atoms with E-state index in [4.69, 9.17) is 23.2 Å². The second-order valence-electron chi connectivity index (χ2n) is 8.64. The van der Waals surface area contributed by atoms with Crippen molar-refractivity contribution in [3.05, 3.63) is 69.7 Å². The molecule has 2 aliphatic carbocycles. The molecule has 0 heterocycles. The summed E-state index contributed by atoms with van der Waals surface area (Å²) in [7, 11) is 0. The predicted octanol–water partition coefficient (Wildman–Crippen LogP) is 7.67. The van der Waals surface area contributed by atoms with Crippen molar-refractivity contribution in [3.8, 4) is 0 Å². The average molecular weight is 415 g/mol. The molecule has 148 valence electrons. The van der Waals surface area contributed by atoms with Gasteiger partial charge in [0.2, 0.25) is 0 Å². The van der Waals surface area contributed by atoms with Crippen molar-refractivity contribution in [2.24, 2.45) is 0 Å². The molecule has 1 nitrogen and oxygen atoms in total. The lowest BCUT2D eigenvalue weighted by Gasteiger charge is -2.46. The Hall–Kier alpha value is -1.31. The van der Waals surface area contributed by atoms with Crippen LogP contribution in [0.5, 0.6) is 0 Å². The number of ketones is 1. The summed E-state index contributed by atoms with van der Waals surface area (Å²) in [6.07, 6.45) is 10.5. The predicted molar refractivity (Wildman–Crippen MR) is 117 cm³/mol. The van der Waals surface area contributed by atoms with E-state index < -0.39 is 10.8 Å². The van der Waals surface area contributed by atoms with Crippen LogP contribution < -0.4 is 0 Å². The van der Waals surface area contributed by atoms with Crippen molar-refractivity contribution in [2.45, 2.75) is 75.0 Å². The van der Waals surface area contributed by atoms with Gasteiger partial charge in [-0.25, -0.2) is 0 Å². The lowest BCUT2D eigenvalue weighted by Crippen LogP contribution is -2.51. The monoisotopic (exact) mass is 414 g/mol. The molecule has 2 aromatic carbocycles. The highest BCUT2D eigenvalue weighted by atomic mass is 35.5. The smallest absolute Gasteiger partial charge is 0.153 e. The number of carbonyl (C=O) groups is 1. The van der Waals surface area contributed by atoms with Gasteiger partial charge in [-0.1, -0.05) is 86.0 Å². The third-order valence-corrected chi connectivity index (χ3v) is 7.51. The summed E-state index contributed by atoms with van der Waals surface area (Å²) in [5, 5.41) is 1.44. The molecular formula is C25H28Cl2O. The Morgan fingerprint density at radius 3 is 1.39 bits per heavy atom. The van der Waals surface area contributed by atoms with Crippen LogP contribution >= 0.6 is 23.2 Å². The van der Waals surface area contributed by atoms with E-state index in [1.54, 1.807) is 0 Å². The molecule has 0 unspecified atom stereocenters.